The van der Waals surface area contributed by atoms with E-state index < -0.39 is 17.3 Å². The van der Waals surface area contributed by atoms with E-state index in [0.29, 0.717) is 43.7 Å². The van der Waals surface area contributed by atoms with Gasteiger partial charge in [-0.05, 0) is 75.6 Å². The first kappa shape index (κ1) is 26.2. The zero-order valence-electron chi connectivity index (χ0n) is 21.9. The van der Waals surface area contributed by atoms with E-state index in [4.69, 9.17) is 9.47 Å². The molecule has 0 radical (unpaired) electrons. The first-order valence-electron chi connectivity index (χ1n) is 13.7. The highest BCUT2D eigenvalue weighted by Crippen LogP contribution is 2.51. The van der Waals surface area contributed by atoms with Crippen molar-refractivity contribution in [1.29, 1.82) is 0 Å². The van der Waals surface area contributed by atoms with Crippen molar-refractivity contribution in [3.05, 3.63) is 35.8 Å². The molecule has 3 heterocycles. The lowest BCUT2D eigenvalue weighted by Crippen LogP contribution is -2.54. The molecule has 39 heavy (non-hydrogen) atoms. The molecular formula is C28H33F3N4O4. The number of amides is 2. The molecule has 11 heteroatoms. The summed E-state index contributed by atoms with van der Waals surface area (Å²) in [4.78, 5) is 28.4. The van der Waals surface area contributed by atoms with Crippen LogP contribution >= 0.6 is 0 Å². The normalized spacial score (nSPS) is 29.0. The Kier molecular flexibility index (Phi) is 6.39. The predicted molar refractivity (Wildman–Crippen MR) is 135 cm³/mol. The Labute approximate surface area is 224 Å². The molecule has 210 valence electrons. The number of halogens is 3. The number of aromatic amines is 1. The Hall–Kier alpha value is -3.08. The number of likely N-dealkylation sites (tertiary alicyclic amines) is 1. The number of ether oxygens (including phenoxy) is 2. The lowest BCUT2D eigenvalue weighted by atomic mass is 9.78. The highest BCUT2D eigenvalue weighted by Gasteiger charge is 2.59. The number of aromatic nitrogens is 2. The largest absolute Gasteiger partial charge is 0.497 e. The van der Waals surface area contributed by atoms with Crippen molar-refractivity contribution < 1.29 is 32.2 Å². The number of hydrogen-bond donors (Lipinski definition) is 2. The van der Waals surface area contributed by atoms with Crippen LogP contribution in [0, 0.1) is 11.7 Å². The van der Waals surface area contributed by atoms with Gasteiger partial charge in [-0.1, -0.05) is 0 Å². The molecule has 6 rings (SSSR count). The second-order valence-corrected chi connectivity index (χ2v) is 11.5. The van der Waals surface area contributed by atoms with Crippen molar-refractivity contribution in [2.45, 2.75) is 80.9 Å². The maximum absolute atomic E-state index is 14.4. The summed E-state index contributed by atoms with van der Waals surface area (Å²) < 4.78 is 53.8. The van der Waals surface area contributed by atoms with Gasteiger partial charge in [-0.15, -0.1) is 0 Å². The fraction of sp³-hybridized carbons (Fsp3) is 0.607. The average molecular weight is 547 g/mol. The van der Waals surface area contributed by atoms with Crippen LogP contribution in [0.4, 0.5) is 13.2 Å². The minimum absolute atomic E-state index is 0.0658. The summed E-state index contributed by atoms with van der Waals surface area (Å²) in [7, 11) is 1.49. The quantitative estimate of drug-likeness (QED) is 0.577. The van der Waals surface area contributed by atoms with Crippen LogP contribution in [0.25, 0.3) is 11.3 Å². The van der Waals surface area contributed by atoms with Crippen molar-refractivity contribution >= 4 is 11.8 Å². The van der Waals surface area contributed by atoms with Crippen LogP contribution in [0.5, 0.6) is 5.75 Å². The fourth-order valence-electron chi connectivity index (χ4n) is 6.66. The lowest BCUT2D eigenvalue weighted by molar-refractivity contribution is -0.165. The Morgan fingerprint density at radius 1 is 1.13 bits per heavy atom. The Morgan fingerprint density at radius 2 is 1.90 bits per heavy atom. The van der Waals surface area contributed by atoms with E-state index in [9.17, 15) is 22.8 Å². The Morgan fingerprint density at radius 3 is 2.56 bits per heavy atom. The minimum atomic E-state index is -2.81. The summed E-state index contributed by atoms with van der Waals surface area (Å²) in [6, 6.07) is 5.77. The molecular weight excluding hydrogens is 513 g/mol. The van der Waals surface area contributed by atoms with Gasteiger partial charge in [0.05, 0.1) is 19.4 Å². The molecule has 2 aliphatic carbocycles. The minimum Gasteiger partial charge on any atom is -0.497 e. The number of hydrogen-bond acceptors (Lipinski definition) is 5. The van der Waals surface area contributed by atoms with E-state index in [1.807, 2.05) is 4.90 Å². The van der Waals surface area contributed by atoms with E-state index in [1.165, 1.54) is 19.2 Å². The van der Waals surface area contributed by atoms with Gasteiger partial charge in [-0.3, -0.25) is 14.7 Å². The van der Waals surface area contributed by atoms with Crippen molar-refractivity contribution in [2.75, 3.05) is 20.3 Å². The standard InChI is InChI=1S/C28H33F3N4O4/c1-38-19-2-3-21(29)20(14-19)22-15-23(34-33-22)25(37)35-12-6-17(16-26(35)9-10-26)24(36)32-18-4-7-27(8-5-18)28(30,31)11-13-39-27/h2-3,14-15,17-18H,4-13,16H2,1H3,(H,32,36)(H,33,34)/t17-,18-,27+/m1/s1. The topological polar surface area (TPSA) is 96.6 Å². The molecule has 4 aliphatic rings. The predicted octanol–water partition coefficient (Wildman–Crippen LogP) is 4.46. The fourth-order valence-corrected chi connectivity index (χ4v) is 6.66. The number of carbonyl (C=O) groups excluding carboxylic acids is 2. The molecule has 4 fully saturated rings. The highest BCUT2D eigenvalue weighted by atomic mass is 19.3. The molecule has 1 aromatic carbocycles. The molecule has 2 saturated heterocycles. The number of methoxy groups -OCH3 is 1. The van der Waals surface area contributed by atoms with Gasteiger partial charge in [0.2, 0.25) is 5.91 Å². The second kappa shape index (κ2) is 9.53. The molecule has 8 nitrogen and oxygen atoms in total. The average Bonchev–Trinajstić information content (AvgIpc) is 3.38. The maximum Gasteiger partial charge on any atom is 0.278 e. The molecule has 2 aliphatic heterocycles. The van der Waals surface area contributed by atoms with Gasteiger partial charge < -0.3 is 19.7 Å². The monoisotopic (exact) mass is 546 g/mol. The van der Waals surface area contributed by atoms with E-state index in [-0.39, 0.29) is 66.4 Å². The maximum atomic E-state index is 14.4. The molecule has 0 unspecified atom stereocenters. The summed E-state index contributed by atoms with van der Waals surface area (Å²) in [6.45, 7) is 0.501. The van der Waals surface area contributed by atoms with Gasteiger partial charge in [0.15, 0.2) is 5.69 Å². The first-order chi connectivity index (χ1) is 18.7. The summed E-state index contributed by atoms with van der Waals surface area (Å²) in [5.74, 6) is -3.32. The van der Waals surface area contributed by atoms with Crippen LogP contribution in [0.3, 0.4) is 0 Å². The molecule has 1 atom stereocenters. The van der Waals surface area contributed by atoms with Gasteiger partial charge in [0, 0.05) is 36.0 Å². The number of rotatable bonds is 5. The van der Waals surface area contributed by atoms with Crippen molar-refractivity contribution in [3.8, 4) is 17.0 Å². The number of benzene rings is 1. The summed E-state index contributed by atoms with van der Waals surface area (Å²) in [5.41, 5.74) is -0.919. The number of H-pyrrole nitrogens is 1. The van der Waals surface area contributed by atoms with Crippen LogP contribution in [-0.4, -0.2) is 70.3 Å². The Bertz CT molecular complexity index is 1270. The van der Waals surface area contributed by atoms with Crippen LogP contribution in [0.1, 0.15) is 68.3 Å². The van der Waals surface area contributed by atoms with E-state index in [2.05, 4.69) is 15.5 Å². The van der Waals surface area contributed by atoms with E-state index in [1.54, 1.807) is 12.1 Å². The van der Waals surface area contributed by atoms with Crippen LogP contribution in [-0.2, 0) is 9.53 Å². The summed E-state index contributed by atoms with van der Waals surface area (Å²) in [5, 5.41) is 10.0. The number of alkyl halides is 2. The van der Waals surface area contributed by atoms with Gasteiger partial charge >= 0.3 is 0 Å². The zero-order valence-corrected chi connectivity index (χ0v) is 21.9. The third-order valence-electron chi connectivity index (χ3n) is 9.20. The highest BCUT2D eigenvalue weighted by molar-refractivity contribution is 5.94. The number of nitrogens with zero attached hydrogens (tertiary/aromatic N) is 2. The van der Waals surface area contributed by atoms with Crippen molar-refractivity contribution in [1.82, 2.24) is 20.4 Å². The zero-order chi connectivity index (χ0) is 27.4. The summed E-state index contributed by atoms with van der Waals surface area (Å²) >= 11 is 0. The van der Waals surface area contributed by atoms with Crippen LogP contribution in [0.2, 0.25) is 0 Å². The van der Waals surface area contributed by atoms with Gasteiger partial charge in [0.1, 0.15) is 17.2 Å². The molecule has 2 amide bonds. The molecule has 2 saturated carbocycles. The second-order valence-electron chi connectivity index (χ2n) is 11.5. The van der Waals surface area contributed by atoms with Crippen LogP contribution in [0.15, 0.2) is 24.3 Å². The third-order valence-corrected chi connectivity index (χ3v) is 9.20. The number of piperidine rings is 1. The molecule has 1 aromatic heterocycles. The van der Waals surface area contributed by atoms with Crippen LogP contribution < -0.4 is 10.1 Å². The van der Waals surface area contributed by atoms with Crippen molar-refractivity contribution in [3.63, 3.8) is 0 Å². The van der Waals surface area contributed by atoms with Crippen molar-refractivity contribution in [2.24, 2.45) is 5.92 Å². The van der Waals surface area contributed by atoms with E-state index in [0.717, 1.165) is 12.8 Å². The van der Waals surface area contributed by atoms with Gasteiger partial charge in [-0.25, -0.2) is 13.2 Å². The molecule has 0 bridgehead atoms. The Balaban J connectivity index is 1.07. The number of nitrogens with one attached hydrogen (secondary N) is 2. The smallest absolute Gasteiger partial charge is 0.278 e. The SMILES string of the molecule is COc1ccc(F)c(-c2cc(C(=O)N3CC[C@@H](C(=O)N[C@H]4CC[C@]5(CC4)OCCC5(F)F)CC34CC4)n[nH]2)c1. The van der Waals surface area contributed by atoms with Gasteiger partial charge in [0.25, 0.3) is 11.8 Å². The van der Waals surface area contributed by atoms with E-state index >= 15 is 0 Å². The van der Waals surface area contributed by atoms with Gasteiger partial charge in [-0.2, -0.15) is 5.10 Å². The molecule has 2 N–H and O–H groups in total. The lowest BCUT2D eigenvalue weighted by Gasteiger charge is -2.42. The molecule has 2 aromatic rings. The third kappa shape index (κ3) is 4.58. The number of carbonyl (C=O) groups is 2. The molecule has 2 spiro atoms. The first-order valence-corrected chi connectivity index (χ1v) is 13.7. The summed E-state index contributed by atoms with van der Waals surface area (Å²) in [6.07, 6.45) is 3.88.